The lowest BCUT2D eigenvalue weighted by atomic mass is 10.2. The van der Waals surface area contributed by atoms with E-state index in [0.29, 0.717) is 17.3 Å². The minimum absolute atomic E-state index is 0.208. The SMILES string of the molecule is CSc1nc(C)cc(NCc2ccccc2F)n1. The summed E-state index contributed by atoms with van der Waals surface area (Å²) in [4.78, 5) is 8.58. The van der Waals surface area contributed by atoms with Gasteiger partial charge in [-0.3, -0.25) is 0 Å². The summed E-state index contributed by atoms with van der Waals surface area (Å²) in [5.74, 6) is 0.510. The third-order valence-corrected chi connectivity index (χ3v) is 2.98. The molecule has 0 spiro atoms. The minimum atomic E-state index is -0.208. The van der Waals surface area contributed by atoms with Crippen LogP contribution in [0.15, 0.2) is 35.5 Å². The van der Waals surface area contributed by atoms with Gasteiger partial charge in [0.05, 0.1) is 0 Å². The third-order valence-electron chi connectivity index (χ3n) is 2.43. The summed E-state index contributed by atoms with van der Waals surface area (Å²) < 4.78 is 13.4. The van der Waals surface area contributed by atoms with Gasteiger partial charge in [-0.15, -0.1) is 0 Å². The highest BCUT2D eigenvalue weighted by Crippen LogP contribution is 2.15. The van der Waals surface area contributed by atoms with E-state index in [1.54, 1.807) is 12.1 Å². The highest BCUT2D eigenvalue weighted by molar-refractivity contribution is 7.98. The first-order valence-electron chi connectivity index (χ1n) is 5.56. The van der Waals surface area contributed by atoms with E-state index in [2.05, 4.69) is 15.3 Å². The second-order valence-electron chi connectivity index (χ2n) is 3.83. The zero-order chi connectivity index (χ0) is 13.0. The lowest BCUT2D eigenvalue weighted by Gasteiger charge is -2.08. The predicted molar refractivity (Wildman–Crippen MR) is 72.3 cm³/mol. The second kappa shape index (κ2) is 5.82. The van der Waals surface area contributed by atoms with Crippen molar-refractivity contribution in [1.29, 1.82) is 0 Å². The molecule has 0 aliphatic rings. The standard InChI is InChI=1S/C13H14FN3S/c1-9-7-12(17-13(16-9)18-2)15-8-10-5-3-4-6-11(10)14/h3-7H,8H2,1-2H3,(H,15,16,17). The van der Waals surface area contributed by atoms with Gasteiger partial charge in [-0.1, -0.05) is 30.0 Å². The average Bonchev–Trinajstić information content (AvgIpc) is 2.37. The number of benzene rings is 1. The van der Waals surface area contributed by atoms with E-state index in [0.717, 1.165) is 11.5 Å². The summed E-state index contributed by atoms with van der Waals surface area (Å²) in [6.07, 6.45) is 1.93. The molecule has 2 rings (SSSR count). The molecule has 0 amide bonds. The maximum absolute atomic E-state index is 13.4. The molecule has 0 aliphatic heterocycles. The van der Waals surface area contributed by atoms with Gasteiger partial charge in [0.1, 0.15) is 11.6 Å². The number of aryl methyl sites for hydroxylation is 1. The summed E-state index contributed by atoms with van der Waals surface area (Å²) >= 11 is 1.49. The molecule has 18 heavy (non-hydrogen) atoms. The van der Waals surface area contributed by atoms with E-state index in [1.807, 2.05) is 25.3 Å². The van der Waals surface area contributed by atoms with E-state index < -0.39 is 0 Å². The van der Waals surface area contributed by atoms with Crippen molar-refractivity contribution in [2.45, 2.75) is 18.6 Å². The fraction of sp³-hybridized carbons (Fsp3) is 0.231. The van der Waals surface area contributed by atoms with Crippen LogP contribution in [0.4, 0.5) is 10.2 Å². The Bertz CT molecular complexity index is 546. The van der Waals surface area contributed by atoms with Crippen LogP contribution in [-0.4, -0.2) is 16.2 Å². The van der Waals surface area contributed by atoms with Gasteiger partial charge in [0.25, 0.3) is 0 Å². The van der Waals surface area contributed by atoms with Crippen molar-refractivity contribution in [3.05, 3.63) is 47.4 Å². The van der Waals surface area contributed by atoms with Crippen molar-refractivity contribution in [2.75, 3.05) is 11.6 Å². The third kappa shape index (κ3) is 3.20. The van der Waals surface area contributed by atoms with Gasteiger partial charge < -0.3 is 5.32 Å². The van der Waals surface area contributed by atoms with Gasteiger partial charge in [0.2, 0.25) is 0 Å². The Kier molecular flexibility index (Phi) is 4.15. The smallest absolute Gasteiger partial charge is 0.189 e. The van der Waals surface area contributed by atoms with Crippen LogP contribution in [0.2, 0.25) is 0 Å². The van der Waals surface area contributed by atoms with Gasteiger partial charge in [-0.05, 0) is 19.2 Å². The Morgan fingerprint density at radius 1 is 1.28 bits per heavy atom. The largest absolute Gasteiger partial charge is 0.366 e. The van der Waals surface area contributed by atoms with Crippen LogP contribution in [0.3, 0.4) is 0 Å². The molecule has 0 saturated heterocycles. The van der Waals surface area contributed by atoms with Crippen LogP contribution in [0.5, 0.6) is 0 Å². The number of anilines is 1. The van der Waals surface area contributed by atoms with Crippen LogP contribution in [0.1, 0.15) is 11.3 Å². The van der Waals surface area contributed by atoms with E-state index in [1.165, 1.54) is 17.8 Å². The number of thioether (sulfide) groups is 1. The van der Waals surface area contributed by atoms with Crippen molar-refractivity contribution >= 4 is 17.6 Å². The molecule has 0 aliphatic carbocycles. The summed E-state index contributed by atoms with van der Waals surface area (Å²) in [5, 5.41) is 3.83. The predicted octanol–water partition coefficient (Wildman–Crippen LogP) is 3.26. The zero-order valence-electron chi connectivity index (χ0n) is 10.3. The van der Waals surface area contributed by atoms with Crippen molar-refractivity contribution in [2.24, 2.45) is 0 Å². The summed E-state index contributed by atoms with van der Waals surface area (Å²) in [7, 11) is 0. The zero-order valence-corrected chi connectivity index (χ0v) is 11.1. The molecule has 3 nitrogen and oxygen atoms in total. The molecule has 1 N–H and O–H groups in total. The topological polar surface area (TPSA) is 37.8 Å². The first-order chi connectivity index (χ1) is 8.69. The number of nitrogens with one attached hydrogen (secondary N) is 1. The number of hydrogen-bond donors (Lipinski definition) is 1. The van der Waals surface area contributed by atoms with Gasteiger partial charge in [0.15, 0.2) is 5.16 Å². The molecule has 0 radical (unpaired) electrons. The van der Waals surface area contributed by atoms with Crippen LogP contribution < -0.4 is 5.32 Å². The highest BCUT2D eigenvalue weighted by atomic mass is 32.2. The lowest BCUT2D eigenvalue weighted by Crippen LogP contribution is -2.04. The molecule has 0 bridgehead atoms. The number of halogens is 1. The fourth-order valence-electron chi connectivity index (χ4n) is 1.55. The summed E-state index contributed by atoms with van der Waals surface area (Å²) in [6, 6.07) is 8.56. The molecule has 5 heteroatoms. The normalized spacial score (nSPS) is 10.4. The van der Waals surface area contributed by atoms with Gasteiger partial charge in [-0.2, -0.15) is 0 Å². The molecular weight excluding hydrogens is 249 g/mol. The van der Waals surface area contributed by atoms with E-state index >= 15 is 0 Å². The van der Waals surface area contributed by atoms with Crippen molar-refractivity contribution in [1.82, 2.24) is 9.97 Å². The molecule has 0 fully saturated rings. The van der Waals surface area contributed by atoms with E-state index in [9.17, 15) is 4.39 Å². The molecular formula is C13H14FN3S. The Labute approximate surface area is 110 Å². The first-order valence-corrected chi connectivity index (χ1v) is 6.78. The average molecular weight is 263 g/mol. The number of nitrogens with zero attached hydrogens (tertiary/aromatic N) is 2. The molecule has 1 heterocycles. The second-order valence-corrected chi connectivity index (χ2v) is 4.60. The highest BCUT2D eigenvalue weighted by Gasteiger charge is 2.03. The van der Waals surface area contributed by atoms with E-state index in [-0.39, 0.29) is 5.82 Å². The molecule has 2 aromatic rings. The lowest BCUT2D eigenvalue weighted by molar-refractivity contribution is 0.613. The van der Waals surface area contributed by atoms with Crippen molar-refractivity contribution < 1.29 is 4.39 Å². The summed E-state index contributed by atoms with van der Waals surface area (Å²) in [5.41, 5.74) is 1.52. The minimum Gasteiger partial charge on any atom is -0.366 e. The Morgan fingerprint density at radius 2 is 2.06 bits per heavy atom. The Balaban J connectivity index is 2.11. The molecule has 0 atom stereocenters. The fourth-order valence-corrected chi connectivity index (χ4v) is 1.98. The number of hydrogen-bond acceptors (Lipinski definition) is 4. The molecule has 1 aromatic carbocycles. The van der Waals surface area contributed by atoms with Crippen LogP contribution in [0, 0.1) is 12.7 Å². The molecule has 0 saturated carbocycles. The van der Waals surface area contributed by atoms with Crippen LogP contribution >= 0.6 is 11.8 Å². The summed E-state index contributed by atoms with van der Waals surface area (Å²) in [6.45, 7) is 2.33. The number of rotatable bonds is 4. The van der Waals surface area contributed by atoms with E-state index in [4.69, 9.17) is 0 Å². The quantitative estimate of drug-likeness (QED) is 0.678. The van der Waals surface area contributed by atoms with Crippen LogP contribution in [-0.2, 0) is 6.54 Å². The molecule has 94 valence electrons. The van der Waals surface area contributed by atoms with Crippen molar-refractivity contribution in [3.8, 4) is 0 Å². The van der Waals surface area contributed by atoms with Crippen molar-refractivity contribution in [3.63, 3.8) is 0 Å². The Hall–Kier alpha value is -1.62. The molecule has 1 aromatic heterocycles. The van der Waals surface area contributed by atoms with Gasteiger partial charge in [-0.25, -0.2) is 14.4 Å². The maximum atomic E-state index is 13.4. The monoisotopic (exact) mass is 263 g/mol. The number of aromatic nitrogens is 2. The van der Waals surface area contributed by atoms with Gasteiger partial charge >= 0.3 is 0 Å². The first kappa shape index (κ1) is 12.8. The Morgan fingerprint density at radius 3 is 2.78 bits per heavy atom. The van der Waals surface area contributed by atoms with Gasteiger partial charge in [0, 0.05) is 23.9 Å². The maximum Gasteiger partial charge on any atom is 0.189 e. The van der Waals surface area contributed by atoms with Crippen LogP contribution in [0.25, 0.3) is 0 Å². The molecule has 0 unspecified atom stereocenters.